The highest BCUT2D eigenvalue weighted by Crippen LogP contribution is 2.26. The Morgan fingerprint density at radius 3 is 3.00 bits per heavy atom. The SMILES string of the molecule is CCNc1nc(-c2nccc3ccccc23)ns1. The van der Waals surface area contributed by atoms with Crippen LogP contribution in [0.15, 0.2) is 36.5 Å². The van der Waals surface area contributed by atoms with Crippen molar-refractivity contribution in [1.82, 2.24) is 14.3 Å². The molecule has 0 amide bonds. The van der Waals surface area contributed by atoms with Gasteiger partial charge in [0.15, 0.2) is 5.82 Å². The predicted molar refractivity (Wildman–Crippen MR) is 74.8 cm³/mol. The van der Waals surface area contributed by atoms with Gasteiger partial charge in [-0.1, -0.05) is 24.3 Å². The van der Waals surface area contributed by atoms with E-state index in [9.17, 15) is 0 Å². The Bertz CT molecular complexity index is 672. The topological polar surface area (TPSA) is 50.7 Å². The molecular weight excluding hydrogens is 244 g/mol. The van der Waals surface area contributed by atoms with Crippen LogP contribution in [0.1, 0.15) is 6.92 Å². The maximum absolute atomic E-state index is 4.45. The van der Waals surface area contributed by atoms with Gasteiger partial charge in [-0.2, -0.15) is 9.36 Å². The molecule has 0 bridgehead atoms. The van der Waals surface area contributed by atoms with E-state index in [-0.39, 0.29) is 0 Å². The van der Waals surface area contributed by atoms with Crippen molar-refractivity contribution in [3.05, 3.63) is 36.5 Å². The van der Waals surface area contributed by atoms with Crippen molar-refractivity contribution in [1.29, 1.82) is 0 Å². The van der Waals surface area contributed by atoms with Crippen molar-refractivity contribution < 1.29 is 0 Å². The van der Waals surface area contributed by atoms with Crippen LogP contribution in [0, 0.1) is 0 Å². The van der Waals surface area contributed by atoms with E-state index >= 15 is 0 Å². The molecule has 0 aliphatic rings. The second-order valence-corrected chi connectivity index (χ2v) is 4.59. The van der Waals surface area contributed by atoms with Crippen LogP contribution in [0.3, 0.4) is 0 Å². The van der Waals surface area contributed by atoms with Gasteiger partial charge in [-0.25, -0.2) is 0 Å². The van der Waals surface area contributed by atoms with Gasteiger partial charge < -0.3 is 5.32 Å². The zero-order chi connectivity index (χ0) is 12.4. The quantitative estimate of drug-likeness (QED) is 0.782. The number of fused-ring (bicyclic) bond motifs is 1. The average molecular weight is 256 g/mol. The number of nitrogens with zero attached hydrogens (tertiary/aromatic N) is 3. The first kappa shape index (κ1) is 11.1. The van der Waals surface area contributed by atoms with Gasteiger partial charge >= 0.3 is 0 Å². The van der Waals surface area contributed by atoms with Crippen molar-refractivity contribution in [3.8, 4) is 11.5 Å². The van der Waals surface area contributed by atoms with Crippen molar-refractivity contribution in [2.45, 2.75) is 6.92 Å². The van der Waals surface area contributed by atoms with Gasteiger partial charge in [0, 0.05) is 29.7 Å². The van der Waals surface area contributed by atoms with E-state index in [4.69, 9.17) is 0 Å². The number of pyridine rings is 1. The molecule has 90 valence electrons. The molecule has 18 heavy (non-hydrogen) atoms. The molecule has 0 saturated carbocycles. The molecule has 2 heterocycles. The first-order chi connectivity index (χ1) is 8.88. The molecule has 0 aliphatic carbocycles. The summed E-state index contributed by atoms with van der Waals surface area (Å²) >= 11 is 1.37. The number of hydrogen-bond donors (Lipinski definition) is 1. The molecule has 3 rings (SSSR count). The van der Waals surface area contributed by atoms with Crippen LogP contribution in [0.5, 0.6) is 0 Å². The van der Waals surface area contributed by atoms with E-state index in [1.54, 1.807) is 6.20 Å². The maximum Gasteiger partial charge on any atom is 0.202 e. The van der Waals surface area contributed by atoms with Gasteiger partial charge in [0.25, 0.3) is 0 Å². The number of rotatable bonds is 3. The highest BCUT2D eigenvalue weighted by atomic mass is 32.1. The monoisotopic (exact) mass is 256 g/mol. The summed E-state index contributed by atoms with van der Waals surface area (Å²) in [7, 11) is 0. The number of hydrogen-bond acceptors (Lipinski definition) is 5. The minimum absolute atomic E-state index is 0.688. The largest absolute Gasteiger partial charge is 0.361 e. The van der Waals surface area contributed by atoms with Gasteiger partial charge in [-0.05, 0) is 18.4 Å². The second kappa shape index (κ2) is 4.70. The zero-order valence-electron chi connectivity index (χ0n) is 9.92. The normalized spacial score (nSPS) is 10.7. The van der Waals surface area contributed by atoms with Crippen LogP contribution in [-0.4, -0.2) is 20.9 Å². The standard InChI is InChI=1S/C13H12N4S/c1-2-14-13-16-12(17-18-13)11-10-6-4-3-5-9(10)7-8-15-11/h3-8H,2H2,1H3,(H,14,16,17). The average Bonchev–Trinajstić information content (AvgIpc) is 2.87. The van der Waals surface area contributed by atoms with Gasteiger partial charge in [0.2, 0.25) is 5.13 Å². The van der Waals surface area contributed by atoms with Gasteiger partial charge in [-0.3, -0.25) is 4.98 Å². The summed E-state index contributed by atoms with van der Waals surface area (Å²) in [4.78, 5) is 8.86. The third kappa shape index (κ3) is 1.93. The molecule has 0 fully saturated rings. The Morgan fingerprint density at radius 1 is 1.22 bits per heavy atom. The first-order valence-electron chi connectivity index (χ1n) is 5.80. The van der Waals surface area contributed by atoms with Gasteiger partial charge in [0.1, 0.15) is 5.69 Å². The zero-order valence-corrected chi connectivity index (χ0v) is 10.7. The summed E-state index contributed by atoms with van der Waals surface area (Å²) in [6, 6.07) is 10.1. The van der Waals surface area contributed by atoms with Crippen LogP contribution in [0.2, 0.25) is 0 Å². The Kier molecular flexibility index (Phi) is 2.90. The summed E-state index contributed by atoms with van der Waals surface area (Å²) in [5, 5.41) is 6.24. The van der Waals surface area contributed by atoms with E-state index in [2.05, 4.69) is 25.7 Å². The molecule has 0 unspecified atom stereocenters. The molecule has 1 N–H and O–H groups in total. The third-order valence-electron chi connectivity index (χ3n) is 2.64. The third-order valence-corrected chi connectivity index (χ3v) is 3.31. The predicted octanol–water partition coefficient (Wildman–Crippen LogP) is 3.19. The first-order valence-corrected chi connectivity index (χ1v) is 6.57. The maximum atomic E-state index is 4.45. The van der Waals surface area contributed by atoms with Crippen LogP contribution in [0.25, 0.3) is 22.3 Å². The van der Waals surface area contributed by atoms with Crippen LogP contribution < -0.4 is 5.32 Å². The van der Waals surface area contributed by atoms with Crippen LogP contribution in [-0.2, 0) is 0 Å². The van der Waals surface area contributed by atoms with Crippen molar-refractivity contribution in [2.24, 2.45) is 0 Å². The number of anilines is 1. The summed E-state index contributed by atoms with van der Waals surface area (Å²) < 4.78 is 4.36. The second-order valence-electron chi connectivity index (χ2n) is 3.83. The fourth-order valence-corrected chi connectivity index (χ4v) is 2.48. The molecule has 1 aromatic carbocycles. The minimum atomic E-state index is 0.688. The van der Waals surface area contributed by atoms with Crippen LogP contribution >= 0.6 is 11.5 Å². The Balaban J connectivity index is 2.12. The lowest BCUT2D eigenvalue weighted by Crippen LogP contribution is -1.95. The lowest BCUT2D eigenvalue weighted by atomic mass is 10.1. The highest BCUT2D eigenvalue weighted by molar-refractivity contribution is 7.09. The van der Waals surface area contributed by atoms with E-state index in [1.165, 1.54) is 11.5 Å². The van der Waals surface area contributed by atoms with Gasteiger partial charge in [0.05, 0.1) is 0 Å². The van der Waals surface area contributed by atoms with Crippen molar-refractivity contribution in [3.63, 3.8) is 0 Å². The molecule has 0 spiro atoms. The summed E-state index contributed by atoms with van der Waals surface area (Å²) in [6.07, 6.45) is 1.80. The lowest BCUT2D eigenvalue weighted by molar-refractivity contribution is 1.18. The molecule has 2 aromatic heterocycles. The smallest absolute Gasteiger partial charge is 0.202 e. The fourth-order valence-electron chi connectivity index (χ4n) is 1.84. The lowest BCUT2D eigenvalue weighted by Gasteiger charge is -2.01. The Morgan fingerprint density at radius 2 is 2.11 bits per heavy atom. The molecule has 0 atom stereocenters. The van der Waals surface area contributed by atoms with E-state index in [0.717, 1.165) is 28.1 Å². The number of aromatic nitrogens is 3. The molecule has 4 nitrogen and oxygen atoms in total. The van der Waals surface area contributed by atoms with E-state index in [1.807, 2.05) is 31.2 Å². The molecule has 3 aromatic rings. The number of nitrogens with one attached hydrogen (secondary N) is 1. The molecule has 0 radical (unpaired) electrons. The minimum Gasteiger partial charge on any atom is -0.361 e. The van der Waals surface area contributed by atoms with Crippen LogP contribution in [0.4, 0.5) is 5.13 Å². The summed E-state index contributed by atoms with van der Waals surface area (Å²) in [6.45, 7) is 2.88. The number of benzene rings is 1. The Hall–Kier alpha value is -2.01. The summed E-state index contributed by atoms with van der Waals surface area (Å²) in [5.41, 5.74) is 0.841. The van der Waals surface area contributed by atoms with E-state index < -0.39 is 0 Å². The molecule has 5 heteroatoms. The Labute approximate surface area is 109 Å². The highest BCUT2D eigenvalue weighted by Gasteiger charge is 2.10. The molecule has 0 saturated heterocycles. The summed E-state index contributed by atoms with van der Waals surface area (Å²) in [5.74, 6) is 0.688. The van der Waals surface area contributed by atoms with Crippen molar-refractivity contribution in [2.75, 3.05) is 11.9 Å². The van der Waals surface area contributed by atoms with E-state index in [0.29, 0.717) is 5.82 Å². The van der Waals surface area contributed by atoms with Crippen molar-refractivity contribution >= 4 is 27.4 Å². The molecule has 0 aliphatic heterocycles. The molecular formula is C13H12N4S. The fraction of sp³-hybridized carbons (Fsp3) is 0.154. The van der Waals surface area contributed by atoms with Gasteiger partial charge in [-0.15, -0.1) is 0 Å².